The molecule has 0 radical (unpaired) electrons. The molecule has 1 aromatic rings. The maximum absolute atomic E-state index is 5.80. The first-order chi connectivity index (χ1) is 6.15. The van der Waals surface area contributed by atoms with Crippen LogP contribution >= 0.6 is 11.6 Å². The van der Waals surface area contributed by atoms with Crippen LogP contribution in [0.25, 0.3) is 0 Å². The Kier molecular flexibility index (Phi) is 3.70. The summed E-state index contributed by atoms with van der Waals surface area (Å²) in [4.78, 5) is 4.25. The number of nitrogens with two attached hydrogens (primary N) is 1. The van der Waals surface area contributed by atoms with Crippen LogP contribution in [-0.4, -0.2) is 11.5 Å². The van der Waals surface area contributed by atoms with Gasteiger partial charge in [0.25, 0.3) is 0 Å². The first-order valence-corrected chi connectivity index (χ1v) is 4.85. The standard InChI is InChI=1S/C10H15ClN2/c1-7(2)8(6-12)9-4-3-5-10(11)13-9/h3-5,7-8H,6,12H2,1-2H3. The van der Waals surface area contributed by atoms with Gasteiger partial charge >= 0.3 is 0 Å². The molecule has 0 amide bonds. The van der Waals surface area contributed by atoms with Crippen LogP contribution in [0, 0.1) is 5.92 Å². The smallest absolute Gasteiger partial charge is 0.129 e. The molecule has 0 saturated carbocycles. The lowest BCUT2D eigenvalue weighted by Crippen LogP contribution is -2.18. The molecule has 72 valence electrons. The van der Waals surface area contributed by atoms with Crippen LogP contribution < -0.4 is 5.73 Å². The van der Waals surface area contributed by atoms with Crippen molar-refractivity contribution in [3.8, 4) is 0 Å². The van der Waals surface area contributed by atoms with E-state index >= 15 is 0 Å². The summed E-state index contributed by atoms with van der Waals surface area (Å²) in [6.45, 7) is 4.89. The van der Waals surface area contributed by atoms with Crippen LogP contribution in [-0.2, 0) is 0 Å². The molecule has 0 fully saturated rings. The largest absolute Gasteiger partial charge is 0.330 e. The Hall–Kier alpha value is -0.600. The van der Waals surface area contributed by atoms with Gasteiger partial charge in [0.05, 0.1) is 0 Å². The second-order valence-corrected chi connectivity index (χ2v) is 3.86. The molecule has 0 spiro atoms. The van der Waals surface area contributed by atoms with E-state index in [1.807, 2.05) is 12.1 Å². The van der Waals surface area contributed by atoms with Crippen LogP contribution in [0.2, 0.25) is 5.15 Å². The monoisotopic (exact) mass is 198 g/mol. The Bertz CT molecular complexity index is 273. The van der Waals surface area contributed by atoms with Gasteiger partial charge in [0.1, 0.15) is 5.15 Å². The Morgan fingerprint density at radius 2 is 2.15 bits per heavy atom. The Balaban J connectivity index is 2.91. The quantitative estimate of drug-likeness (QED) is 0.758. The molecular formula is C10H15ClN2. The van der Waals surface area contributed by atoms with Gasteiger partial charge in [0.2, 0.25) is 0 Å². The highest BCUT2D eigenvalue weighted by molar-refractivity contribution is 6.29. The van der Waals surface area contributed by atoms with Crippen molar-refractivity contribution in [3.05, 3.63) is 29.0 Å². The molecule has 0 aromatic carbocycles. The van der Waals surface area contributed by atoms with Crippen LogP contribution in [0.4, 0.5) is 0 Å². The number of pyridine rings is 1. The molecule has 0 aliphatic rings. The van der Waals surface area contributed by atoms with E-state index in [1.54, 1.807) is 6.07 Å². The van der Waals surface area contributed by atoms with Crippen molar-refractivity contribution in [2.45, 2.75) is 19.8 Å². The maximum atomic E-state index is 5.80. The minimum atomic E-state index is 0.304. The van der Waals surface area contributed by atoms with Crippen molar-refractivity contribution in [2.24, 2.45) is 11.7 Å². The molecule has 2 N–H and O–H groups in total. The van der Waals surface area contributed by atoms with Gasteiger partial charge in [-0.3, -0.25) is 0 Å². The molecule has 1 rings (SSSR count). The molecule has 0 aliphatic carbocycles. The molecule has 0 saturated heterocycles. The normalized spacial score (nSPS) is 13.3. The molecule has 1 unspecified atom stereocenters. The van der Waals surface area contributed by atoms with E-state index in [1.165, 1.54) is 0 Å². The van der Waals surface area contributed by atoms with E-state index in [9.17, 15) is 0 Å². The third kappa shape index (κ3) is 2.68. The second-order valence-electron chi connectivity index (χ2n) is 3.47. The molecular weight excluding hydrogens is 184 g/mol. The molecule has 1 heterocycles. The van der Waals surface area contributed by atoms with Crippen molar-refractivity contribution in [1.29, 1.82) is 0 Å². The molecule has 1 atom stereocenters. The lowest BCUT2D eigenvalue weighted by molar-refractivity contribution is 0.496. The van der Waals surface area contributed by atoms with Gasteiger partial charge in [-0.05, 0) is 18.1 Å². The van der Waals surface area contributed by atoms with Crippen LogP contribution in [0.3, 0.4) is 0 Å². The summed E-state index contributed by atoms with van der Waals surface area (Å²) in [5.41, 5.74) is 6.66. The van der Waals surface area contributed by atoms with Gasteiger partial charge in [0, 0.05) is 18.2 Å². The summed E-state index contributed by atoms with van der Waals surface area (Å²) in [6, 6.07) is 5.66. The summed E-state index contributed by atoms with van der Waals surface area (Å²) in [5.74, 6) is 0.801. The first-order valence-electron chi connectivity index (χ1n) is 4.47. The minimum absolute atomic E-state index is 0.304. The van der Waals surface area contributed by atoms with Gasteiger partial charge in [-0.1, -0.05) is 31.5 Å². The zero-order valence-corrected chi connectivity index (χ0v) is 8.75. The molecule has 3 heteroatoms. The number of halogens is 1. The van der Waals surface area contributed by atoms with Crippen molar-refractivity contribution < 1.29 is 0 Å². The van der Waals surface area contributed by atoms with E-state index in [-0.39, 0.29) is 0 Å². The summed E-state index contributed by atoms with van der Waals surface area (Å²) in [7, 11) is 0. The van der Waals surface area contributed by atoms with E-state index in [0.29, 0.717) is 23.5 Å². The maximum Gasteiger partial charge on any atom is 0.129 e. The summed E-state index contributed by atoms with van der Waals surface area (Å²) < 4.78 is 0. The van der Waals surface area contributed by atoms with E-state index in [2.05, 4.69) is 18.8 Å². The molecule has 2 nitrogen and oxygen atoms in total. The fourth-order valence-electron chi connectivity index (χ4n) is 1.36. The van der Waals surface area contributed by atoms with Crippen LogP contribution in [0.15, 0.2) is 18.2 Å². The lowest BCUT2D eigenvalue weighted by Gasteiger charge is -2.17. The van der Waals surface area contributed by atoms with Gasteiger partial charge in [-0.15, -0.1) is 0 Å². The van der Waals surface area contributed by atoms with Crippen molar-refractivity contribution >= 4 is 11.6 Å². The van der Waals surface area contributed by atoms with E-state index in [0.717, 1.165) is 5.69 Å². The number of hydrogen-bond donors (Lipinski definition) is 1. The van der Waals surface area contributed by atoms with Gasteiger partial charge < -0.3 is 5.73 Å². The molecule has 1 aromatic heterocycles. The zero-order chi connectivity index (χ0) is 9.84. The average molecular weight is 199 g/mol. The predicted octanol–water partition coefficient (Wildman–Crippen LogP) is 2.43. The average Bonchev–Trinajstić information content (AvgIpc) is 2.04. The fraction of sp³-hybridized carbons (Fsp3) is 0.500. The van der Waals surface area contributed by atoms with Crippen LogP contribution in [0.5, 0.6) is 0 Å². The third-order valence-corrected chi connectivity index (χ3v) is 2.39. The Morgan fingerprint density at radius 1 is 1.46 bits per heavy atom. The highest BCUT2D eigenvalue weighted by atomic mass is 35.5. The van der Waals surface area contributed by atoms with Gasteiger partial charge in [0.15, 0.2) is 0 Å². The van der Waals surface area contributed by atoms with Crippen LogP contribution in [0.1, 0.15) is 25.5 Å². The predicted molar refractivity (Wildman–Crippen MR) is 55.9 cm³/mol. The summed E-state index contributed by atoms with van der Waals surface area (Å²) >= 11 is 5.80. The first kappa shape index (κ1) is 10.5. The van der Waals surface area contributed by atoms with E-state index < -0.39 is 0 Å². The Morgan fingerprint density at radius 3 is 2.62 bits per heavy atom. The summed E-state index contributed by atoms with van der Waals surface area (Å²) in [5, 5.41) is 0.539. The number of hydrogen-bond acceptors (Lipinski definition) is 2. The SMILES string of the molecule is CC(C)C(CN)c1cccc(Cl)n1. The topological polar surface area (TPSA) is 38.9 Å². The summed E-state index contributed by atoms with van der Waals surface area (Å²) in [6.07, 6.45) is 0. The number of rotatable bonds is 3. The molecule has 13 heavy (non-hydrogen) atoms. The second kappa shape index (κ2) is 4.58. The van der Waals surface area contributed by atoms with Gasteiger partial charge in [-0.2, -0.15) is 0 Å². The fourth-order valence-corrected chi connectivity index (χ4v) is 1.54. The number of nitrogens with zero attached hydrogens (tertiary/aromatic N) is 1. The van der Waals surface area contributed by atoms with Crippen molar-refractivity contribution in [2.75, 3.05) is 6.54 Å². The highest BCUT2D eigenvalue weighted by Gasteiger charge is 2.15. The Labute approximate surface area is 84.1 Å². The lowest BCUT2D eigenvalue weighted by atomic mass is 9.92. The van der Waals surface area contributed by atoms with Crippen molar-refractivity contribution in [3.63, 3.8) is 0 Å². The van der Waals surface area contributed by atoms with Crippen molar-refractivity contribution in [1.82, 2.24) is 4.98 Å². The zero-order valence-electron chi connectivity index (χ0n) is 8.00. The molecule has 0 aliphatic heterocycles. The van der Waals surface area contributed by atoms with Gasteiger partial charge in [-0.25, -0.2) is 4.98 Å². The highest BCUT2D eigenvalue weighted by Crippen LogP contribution is 2.22. The number of aromatic nitrogens is 1. The van der Waals surface area contributed by atoms with E-state index in [4.69, 9.17) is 17.3 Å². The third-order valence-electron chi connectivity index (χ3n) is 2.18. The minimum Gasteiger partial charge on any atom is -0.330 e. The molecule has 0 bridgehead atoms.